The fourth-order valence-corrected chi connectivity index (χ4v) is 3.82. The first-order valence-electron chi connectivity index (χ1n) is 10.9. The minimum absolute atomic E-state index is 0. The Morgan fingerprint density at radius 3 is 2.62 bits per heavy atom. The van der Waals surface area contributed by atoms with E-state index in [9.17, 15) is 0 Å². The first kappa shape index (κ1) is 24.2. The van der Waals surface area contributed by atoms with Gasteiger partial charge in [0, 0.05) is 31.2 Å². The van der Waals surface area contributed by atoms with Crippen molar-refractivity contribution >= 4 is 29.9 Å². The Kier molecular flexibility index (Phi) is 9.48. The van der Waals surface area contributed by atoms with Gasteiger partial charge in [-0.1, -0.05) is 48.5 Å². The summed E-state index contributed by atoms with van der Waals surface area (Å²) in [5, 5.41) is 11.8. The smallest absolute Gasteiger partial charge is 0.194 e. The topological polar surface area (TPSA) is 67.6 Å². The van der Waals surface area contributed by atoms with E-state index < -0.39 is 0 Å². The van der Waals surface area contributed by atoms with Crippen molar-refractivity contribution in [2.75, 3.05) is 26.2 Å². The molecule has 4 rings (SSSR count). The number of nitrogens with zero attached hydrogens (tertiary/aromatic N) is 5. The first-order chi connectivity index (χ1) is 15.3. The molecule has 0 saturated carbocycles. The van der Waals surface area contributed by atoms with Crippen molar-refractivity contribution in [2.45, 2.75) is 26.5 Å². The number of aliphatic imine (C=N–C) groups is 1. The molecule has 32 heavy (non-hydrogen) atoms. The summed E-state index contributed by atoms with van der Waals surface area (Å²) in [5.41, 5.74) is 2.26. The van der Waals surface area contributed by atoms with Crippen LogP contribution in [0.2, 0.25) is 0 Å². The molecular weight excluding hydrogens is 515 g/mol. The molecule has 170 valence electrons. The van der Waals surface area contributed by atoms with E-state index in [1.807, 2.05) is 53.1 Å². The SMILES string of the molecule is CCNC(=NCc1nncn1-c1ccccc1)N1CCC(COCc2ccccc2)C1.I. The molecule has 0 aliphatic carbocycles. The summed E-state index contributed by atoms with van der Waals surface area (Å²) in [6.07, 6.45) is 2.85. The summed E-state index contributed by atoms with van der Waals surface area (Å²) < 4.78 is 7.95. The zero-order valence-corrected chi connectivity index (χ0v) is 20.8. The fourth-order valence-electron chi connectivity index (χ4n) is 3.82. The highest BCUT2D eigenvalue weighted by Crippen LogP contribution is 2.18. The molecule has 0 radical (unpaired) electrons. The number of hydrogen-bond donors (Lipinski definition) is 1. The van der Waals surface area contributed by atoms with Crippen molar-refractivity contribution in [2.24, 2.45) is 10.9 Å². The molecule has 2 heterocycles. The number of benzene rings is 2. The molecule has 1 N–H and O–H groups in total. The minimum atomic E-state index is 0. The van der Waals surface area contributed by atoms with Crippen molar-refractivity contribution in [3.63, 3.8) is 0 Å². The van der Waals surface area contributed by atoms with E-state index in [0.29, 0.717) is 19.1 Å². The van der Waals surface area contributed by atoms with E-state index in [-0.39, 0.29) is 24.0 Å². The normalized spacial score (nSPS) is 16.1. The Labute approximate surface area is 206 Å². The number of aromatic nitrogens is 3. The Bertz CT molecular complexity index is 963. The molecule has 2 aromatic carbocycles. The lowest BCUT2D eigenvalue weighted by molar-refractivity contribution is 0.0906. The Morgan fingerprint density at radius 2 is 1.88 bits per heavy atom. The van der Waals surface area contributed by atoms with Gasteiger partial charge in [-0.3, -0.25) is 4.57 Å². The predicted molar refractivity (Wildman–Crippen MR) is 137 cm³/mol. The number of para-hydroxylation sites is 1. The maximum atomic E-state index is 5.97. The summed E-state index contributed by atoms with van der Waals surface area (Å²) in [5.74, 6) is 2.26. The van der Waals surface area contributed by atoms with Crippen LogP contribution in [0.15, 0.2) is 72.0 Å². The molecule has 8 heteroatoms. The molecule has 1 aromatic heterocycles. The molecule has 7 nitrogen and oxygen atoms in total. The van der Waals surface area contributed by atoms with Crippen molar-refractivity contribution in [3.05, 3.63) is 78.4 Å². The van der Waals surface area contributed by atoms with Crippen LogP contribution in [0, 0.1) is 5.92 Å². The molecule has 0 amide bonds. The maximum Gasteiger partial charge on any atom is 0.194 e. The van der Waals surface area contributed by atoms with Crippen molar-refractivity contribution < 1.29 is 4.74 Å². The van der Waals surface area contributed by atoms with Crippen molar-refractivity contribution in [3.8, 4) is 5.69 Å². The van der Waals surface area contributed by atoms with Gasteiger partial charge in [0.15, 0.2) is 11.8 Å². The first-order valence-corrected chi connectivity index (χ1v) is 10.9. The Balaban J connectivity index is 0.00000289. The lowest BCUT2D eigenvalue weighted by atomic mass is 10.1. The number of rotatable bonds is 8. The van der Waals surface area contributed by atoms with E-state index in [1.165, 1.54) is 5.56 Å². The Morgan fingerprint density at radius 1 is 1.12 bits per heavy atom. The van der Waals surface area contributed by atoms with Gasteiger partial charge in [0.2, 0.25) is 0 Å². The van der Waals surface area contributed by atoms with Crippen molar-refractivity contribution in [1.29, 1.82) is 0 Å². The van der Waals surface area contributed by atoms with E-state index in [4.69, 9.17) is 9.73 Å². The average molecular weight is 546 g/mol. The second kappa shape index (κ2) is 12.5. The molecule has 0 spiro atoms. The van der Waals surface area contributed by atoms with Crippen molar-refractivity contribution in [1.82, 2.24) is 25.0 Å². The average Bonchev–Trinajstić information content (AvgIpc) is 3.48. The van der Waals surface area contributed by atoms with Crippen LogP contribution in [0.1, 0.15) is 24.7 Å². The number of nitrogens with one attached hydrogen (secondary N) is 1. The lowest BCUT2D eigenvalue weighted by Gasteiger charge is -2.21. The van der Waals surface area contributed by atoms with Crippen LogP contribution in [0.3, 0.4) is 0 Å². The minimum Gasteiger partial charge on any atom is -0.376 e. The standard InChI is InChI=1S/C24H30N6O.HI/c1-2-25-24(26-15-23-28-27-19-30(23)22-11-7-4-8-12-22)29-14-13-21(16-29)18-31-17-20-9-5-3-6-10-20;/h3-12,19,21H,2,13-18H2,1H3,(H,25,26);1H. The Hall–Kier alpha value is -2.46. The van der Waals surface area contributed by atoms with Gasteiger partial charge in [0.1, 0.15) is 12.9 Å². The predicted octanol–water partition coefficient (Wildman–Crippen LogP) is 3.89. The third-order valence-electron chi connectivity index (χ3n) is 5.41. The van der Waals surface area contributed by atoms with E-state index in [2.05, 4.69) is 39.5 Å². The van der Waals surface area contributed by atoms with Gasteiger partial charge < -0.3 is 15.0 Å². The van der Waals surface area contributed by atoms with Crippen LogP contribution in [-0.4, -0.2) is 51.9 Å². The maximum absolute atomic E-state index is 5.97. The van der Waals surface area contributed by atoms with E-state index in [1.54, 1.807) is 6.33 Å². The largest absolute Gasteiger partial charge is 0.376 e. The third kappa shape index (κ3) is 6.52. The van der Waals surface area contributed by atoms with Gasteiger partial charge in [-0.15, -0.1) is 34.2 Å². The van der Waals surface area contributed by atoms with Gasteiger partial charge in [0.25, 0.3) is 0 Å². The highest BCUT2D eigenvalue weighted by molar-refractivity contribution is 14.0. The quantitative estimate of drug-likeness (QED) is 0.264. The van der Waals surface area contributed by atoms with Gasteiger partial charge in [-0.2, -0.15) is 0 Å². The van der Waals surface area contributed by atoms with Gasteiger partial charge in [-0.05, 0) is 31.0 Å². The summed E-state index contributed by atoms with van der Waals surface area (Å²) in [4.78, 5) is 7.18. The third-order valence-corrected chi connectivity index (χ3v) is 5.41. The van der Waals surface area contributed by atoms with Gasteiger partial charge >= 0.3 is 0 Å². The monoisotopic (exact) mass is 546 g/mol. The number of halogens is 1. The summed E-state index contributed by atoms with van der Waals surface area (Å²) in [6, 6.07) is 20.4. The summed E-state index contributed by atoms with van der Waals surface area (Å²) >= 11 is 0. The molecule has 1 atom stereocenters. The van der Waals surface area contributed by atoms with Crippen LogP contribution in [0.4, 0.5) is 0 Å². The summed E-state index contributed by atoms with van der Waals surface area (Å²) in [7, 11) is 0. The molecule has 0 bridgehead atoms. The fraction of sp³-hybridized carbons (Fsp3) is 0.375. The highest BCUT2D eigenvalue weighted by Gasteiger charge is 2.25. The van der Waals surface area contributed by atoms with Crippen LogP contribution in [0.25, 0.3) is 5.69 Å². The number of hydrogen-bond acceptors (Lipinski definition) is 4. The van der Waals surface area contributed by atoms with E-state index >= 15 is 0 Å². The van der Waals surface area contributed by atoms with Gasteiger partial charge in [0.05, 0.1) is 13.2 Å². The van der Waals surface area contributed by atoms with E-state index in [0.717, 1.165) is 50.1 Å². The number of ether oxygens (including phenoxy) is 1. The van der Waals surface area contributed by atoms with Crippen LogP contribution in [-0.2, 0) is 17.9 Å². The van der Waals surface area contributed by atoms with Crippen LogP contribution >= 0.6 is 24.0 Å². The molecule has 1 aliphatic rings. The number of likely N-dealkylation sites (tertiary alicyclic amines) is 1. The molecular formula is C24H31IN6O. The molecule has 1 saturated heterocycles. The van der Waals surface area contributed by atoms with Gasteiger partial charge in [-0.25, -0.2) is 4.99 Å². The van der Waals surface area contributed by atoms with Crippen LogP contribution < -0.4 is 5.32 Å². The molecule has 1 fully saturated rings. The molecule has 3 aromatic rings. The zero-order valence-electron chi connectivity index (χ0n) is 18.4. The zero-order chi connectivity index (χ0) is 21.3. The molecule has 1 aliphatic heterocycles. The molecule has 1 unspecified atom stereocenters. The number of guanidine groups is 1. The second-order valence-corrected chi connectivity index (χ2v) is 7.72. The second-order valence-electron chi connectivity index (χ2n) is 7.72. The lowest BCUT2D eigenvalue weighted by Crippen LogP contribution is -2.40. The summed E-state index contributed by atoms with van der Waals surface area (Å²) in [6.45, 7) is 6.77. The highest BCUT2D eigenvalue weighted by atomic mass is 127. The van der Waals surface area contributed by atoms with Crippen LogP contribution in [0.5, 0.6) is 0 Å².